The van der Waals surface area contributed by atoms with E-state index in [9.17, 15) is 15.0 Å². The average Bonchev–Trinajstić information content (AvgIpc) is 3.27. The lowest BCUT2D eigenvalue weighted by Gasteiger charge is -2.37. The highest BCUT2D eigenvalue weighted by atomic mass is 16.5. The quantitative estimate of drug-likeness (QED) is 0.665. The Morgan fingerprint density at radius 2 is 1.30 bits per heavy atom. The minimum Gasteiger partial charge on any atom is -0.468 e. The molecule has 0 radical (unpaired) electrons. The van der Waals surface area contributed by atoms with Crippen molar-refractivity contribution in [2.24, 2.45) is 5.41 Å². The molecule has 2 saturated carbocycles. The van der Waals surface area contributed by atoms with Crippen LogP contribution in [-0.2, 0) is 20.5 Å². The highest BCUT2D eigenvalue weighted by Crippen LogP contribution is 2.92. The van der Waals surface area contributed by atoms with E-state index in [4.69, 9.17) is 4.74 Å². The number of esters is 1. The molecule has 0 heterocycles. The van der Waals surface area contributed by atoms with Crippen LogP contribution in [0.5, 0.6) is 0 Å². The van der Waals surface area contributed by atoms with Crippen LogP contribution < -0.4 is 0 Å². The number of carbonyl (C=O) groups is 1. The van der Waals surface area contributed by atoms with Gasteiger partial charge in [-0.05, 0) is 22.3 Å². The van der Waals surface area contributed by atoms with Gasteiger partial charge in [0.25, 0.3) is 0 Å². The number of hydrogen-bond donors (Lipinski definition) is 2. The zero-order valence-corrected chi connectivity index (χ0v) is 16.5. The van der Waals surface area contributed by atoms with Gasteiger partial charge < -0.3 is 14.9 Å². The van der Waals surface area contributed by atoms with E-state index in [1.165, 1.54) is 7.11 Å². The summed E-state index contributed by atoms with van der Waals surface area (Å²) in [4.78, 5) is 13.4. The first-order chi connectivity index (χ1) is 14.6. The number of rotatable bonds is 3. The van der Waals surface area contributed by atoms with E-state index in [2.05, 4.69) is 0 Å². The van der Waals surface area contributed by atoms with Crippen LogP contribution >= 0.6 is 0 Å². The van der Waals surface area contributed by atoms with Crippen LogP contribution in [0.2, 0.25) is 0 Å². The molecular formula is C26H22O4. The Bertz CT molecular complexity index is 1160. The number of methoxy groups -OCH3 is 1. The van der Waals surface area contributed by atoms with E-state index in [-0.39, 0.29) is 5.92 Å². The molecule has 4 heteroatoms. The fourth-order valence-electron chi connectivity index (χ4n) is 7.05. The Morgan fingerprint density at radius 1 is 0.800 bits per heavy atom. The van der Waals surface area contributed by atoms with Gasteiger partial charge in [0.2, 0.25) is 0 Å². The van der Waals surface area contributed by atoms with Crippen molar-refractivity contribution in [3.63, 3.8) is 0 Å². The van der Waals surface area contributed by atoms with Crippen molar-refractivity contribution >= 4 is 5.97 Å². The van der Waals surface area contributed by atoms with Gasteiger partial charge in [-0.15, -0.1) is 0 Å². The lowest BCUT2D eigenvalue weighted by molar-refractivity contribution is -0.160. The van der Waals surface area contributed by atoms with Crippen molar-refractivity contribution in [1.29, 1.82) is 0 Å². The smallest absolute Gasteiger partial charge is 0.316 e. The Hall–Kier alpha value is -2.95. The topological polar surface area (TPSA) is 66.8 Å². The van der Waals surface area contributed by atoms with Gasteiger partial charge in [-0.3, -0.25) is 4.79 Å². The molecule has 3 aliphatic carbocycles. The van der Waals surface area contributed by atoms with Crippen molar-refractivity contribution in [3.8, 4) is 0 Å². The minimum atomic E-state index is -1.62. The fourth-order valence-corrected chi connectivity index (χ4v) is 7.05. The van der Waals surface area contributed by atoms with Gasteiger partial charge in [0, 0.05) is 17.3 Å². The second-order valence-electron chi connectivity index (χ2n) is 8.68. The van der Waals surface area contributed by atoms with Gasteiger partial charge in [0.15, 0.2) is 0 Å². The number of ether oxygens (including phenoxy) is 1. The van der Waals surface area contributed by atoms with Crippen LogP contribution in [0.1, 0.15) is 34.1 Å². The molecule has 0 aliphatic heterocycles. The number of aliphatic hydroxyl groups excluding tert-OH is 1. The van der Waals surface area contributed by atoms with Crippen molar-refractivity contribution in [2.45, 2.75) is 29.0 Å². The van der Waals surface area contributed by atoms with Gasteiger partial charge in [-0.25, -0.2) is 0 Å². The van der Waals surface area contributed by atoms with Gasteiger partial charge >= 0.3 is 5.97 Å². The first-order valence-electron chi connectivity index (χ1n) is 10.3. The molecule has 2 N–H and O–H groups in total. The molecule has 3 aromatic rings. The van der Waals surface area contributed by atoms with Crippen LogP contribution in [0, 0.1) is 5.41 Å². The zero-order valence-electron chi connectivity index (χ0n) is 16.5. The molecule has 2 fully saturated rings. The molecule has 0 bridgehead atoms. The number of carbonyl (C=O) groups excluding carboxylic acids is 1. The van der Waals surface area contributed by atoms with Crippen LogP contribution in [0.25, 0.3) is 0 Å². The fraction of sp³-hybridized carbons (Fsp3) is 0.269. The molecule has 6 rings (SSSR count). The van der Waals surface area contributed by atoms with Gasteiger partial charge in [0.05, 0.1) is 7.11 Å². The summed E-state index contributed by atoms with van der Waals surface area (Å²) < 4.78 is 5.28. The van der Waals surface area contributed by atoms with E-state index in [1.807, 2.05) is 84.9 Å². The van der Waals surface area contributed by atoms with E-state index in [0.29, 0.717) is 5.56 Å². The lowest BCUT2D eigenvalue weighted by atomic mass is 9.72. The Kier molecular flexibility index (Phi) is 3.33. The molecular weight excluding hydrogens is 376 g/mol. The summed E-state index contributed by atoms with van der Waals surface area (Å²) in [6.45, 7) is 0. The molecule has 4 nitrogen and oxygen atoms in total. The number of hydrogen-bond acceptors (Lipinski definition) is 4. The van der Waals surface area contributed by atoms with Crippen molar-refractivity contribution in [2.75, 3.05) is 7.11 Å². The van der Waals surface area contributed by atoms with Gasteiger partial charge in [0.1, 0.15) is 17.1 Å². The maximum Gasteiger partial charge on any atom is 0.316 e. The number of aliphatic hydroxyl groups is 2. The van der Waals surface area contributed by atoms with Crippen LogP contribution in [0.15, 0.2) is 84.9 Å². The van der Waals surface area contributed by atoms with Crippen LogP contribution in [-0.4, -0.2) is 29.4 Å². The molecule has 3 aliphatic rings. The van der Waals surface area contributed by atoms with E-state index in [1.54, 1.807) is 0 Å². The first kappa shape index (κ1) is 17.9. The molecule has 0 saturated heterocycles. The van der Waals surface area contributed by atoms with Gasteiger partial charge in [-0.1, -0.05) is 84.9 Å². The van der Waals surface area contributed by atoms with Crippen molar-refractivity contribution in [1.82, 2.24) is 0 Å². The third kappa shape index (κ3) is 1.60. The van der Waals surface area contributed by atoms with E-state index >= 15 is 0 Å². The number of benzene rings is 3. The SMILES string of the molecule is COC(=O)[C@@]12[C@H]3c4ccccc4[C@@H]([C@@](O)(c4ccccc4)[C@@H]1O)[C@]32c1ccccc1. The van der Waals surface area contributed by atoms with Crippen LogP contribution in [0.4, 0.5) is 0 Å². The second kappa shape index (κ2) is 5.60. The Morgan fingerprint density at radius 3 is 1.87 bits per heavy atom. The summed E-state index contributed by atoms with van der Waals surface area (Å²) in [7, 11) is 1.36. The van der Waals surface area contributed by atoms with E-state index in [0.717, 1.165) is 16.7 Å². The van der Waals surface area contributed by atoms with Crippen LogP contribution in [0.3, 0.4) is 0 Å². The normalized spacial score (nSPS) is 37.4. The molecule has 0 aromatic heterocycles. The summed E-state index contributed by atoms with van der Waals surface area (Å²) in [5.41, 5.74) is -0.0245. The summed E-state index contributed by atoms with van der Waals surface area (Å²) in [6, 6.07) is 27.0. The first-order valence-corrected chi connectivity index (χ1v) is 10.3. The molecule has 6 atom stereocenters. The molecule has 150 valence electrons. The summed E-state index contributed by atoms with van der Waals surface area (Å²) >= 11 is 0. The lowest BCUT2D eigenvalue weighted by Crippen LogP contribution is -2.46. The third-order valence-electron chi connectivity index (χ3n) is 7.88. The maximum absolute atomic E-state index is 13.4. The molecule has 30 heavy (non-hydrogen) atoms. The standard InChI is InChI=1S/C26H22O4/c1-30-23(28)25-20-18-14-8-9-15-19(18)21(24(20,25)16-10-4-2-5-11-16)26(29,22(25)27)17-12-6-3-7-13-17/h2-15,20-22,27,29H,1H3/t20-,21+,22+,24-,25+,26-/m0/s1. The number of fused-ring (bicyclic) bond motifs is 4. The predicted molar refractivity (Wildman–Crippen MR) is 111 cm³/mol. The van der Waals surface area contributed by atoms with Gasteiger partial charge in [-0.2, -0.15) is 0 Å². The second-order valence-corrected chi connectivity index (χ2v) is 8.68. The summed E-state index contributed by atoms with van der Waals surface area (Å²) in [5.74, 6) is -1.17. The molecule has 0 amide bonds. The van der Waals surface area contributed by atoms with Crippen molar-refractivity contribution in [3.05, 3.63) is 107 Å². The van der Waals surface area contributed by atoms with Crippen molar-refractivity contribution < 1.29 is 19.7 Å². The molecule has 3 aromatic carbocycles. The largest absolute Gasteiger partial charge is 0.468 e. The highest BCUT2D eigenvalue weighted by Gasteiger charge is 2.98. The summed E-state index contributed by atoms with van der Waals surface area (Å²) in [6.07, 6.45) is -1.30. The predicted octanol–water partition coefficient (Wildman–Crippen LogP) is 3.24. The monoisotopic (exact) mass is 398 g/mol. The molecule has 0 spiro atoms. The maximum atomic E-state index is 13.4. The highest BCUT2D eigenvalue weighted by molar-refractivity contribution is 5.93. The Labute approximate surface area is 174 Å². The molecule has 0 unspecified atom stereocenters. The van der Waals surface area contributed by atoms with E-state index < -0.39 is 34.4 Å². The summed E-state index contributed by atoms with van der Waals surface area (Å²) in [5, 5.41) is 24.0. The average molecular weight is 398 g/mol. The third-order valence-corrected chi connectivity index (χ3v) is 7.88. The Balaban J connectivity index is 1.73. The minimum absolute atomic E-state index is 0.236. The zero-order chi connectivity index (χ0) is 20.7.